The molecule has 3 heterocycles. The van der Waals surface area contributed by atoms with Crippen LogP contribution in [0, 0.1) is 0 Å². The van der Waals surface area contributed by atoms with Crippen LogP contribution in [0.3, 0.4) is 0 Å². The maximum atomic E-state index is 6.88. The minimum Gasteiger partial charge on any atom is -0.457 e. The van der Waals surface area contributed by atoms with Crippen LogP contribution in [0.5, 0.6) is 11.5 Å². The van der Waals surface area contributed by atoms with Crippen LogP contribution in [-0.4, -0.2) is 0 Å². The van der Waals surface area contributed by atoms with Crippen LogP contribution in [0.4, 0.5) is 17.1 Å². The molecule has 0 fully saturated rings. The number of furan rings is 1. The van der Waals surface area contributed by atoms with Crippen molar-refractivity contribution in [2.75, 3.05) is 4.90 Å². The number of hydrogen-bond donors (Lipinski definition) is 0. The summed E-state index contributed by atoms with van der Waals surface area (Å²) in [7, 11) is 0. The fourth-order valence-electron chi connectivity index (χ4n) is 12.3. The van der Waals surface area contributed by atoms with Gasteiger partial charge in [-0.1, -0.05) is 176 Å². The predicted molar refractivity (Wildman–Crippen MR) is 267 cm³/mol. The third-order valence-corrected chi connectivity index (χ3v) is 16.0. The summed E-state index contributed by atoms with van der Waals surface area (Å²) >= 11 is 1.88. The van der Waals surface area contributed by atoms with Crippen molar-refractivity contribution in [2.45, 2.75) is 20.6 Å². The number of ether oxygens (including phenoxy) is 1. The summed E-state index contributed by atoms with van der Waals surface area (Å²) in [6, 6.07) is 82.4. The molecule has 0 saturated carbocycles. The largest absolute Gasteiger partial charge is 0.457 e. The van der Waals surface area contributed by atoms with Crippen LogP contribution in [-0.2, 0) is 10.8 Å². The molecule has 0 bridgehead atoms. The summed E-state index contributed by atoms with van der Waals surface area (Å²) in [5.41, 5.74) is 18.8. The molecule has 0 radical (unpaired) electrons. The van der Waals surface area contributed by atoms with Gasteiger partial charge in [-0.05, 0) is 116 Å². The molecule has 1 aromatic heterocycles. The molecule has 10 aromatic carbocycles. The smallest absolute Gasteiger partial charge is 0.159 e. The molecule has 11 aromatic rings. The van der Waals surface area contributed by atoms with Gasteiger partial charge in [-0.3, -0.25) is 0 Å². The van der Waals surface area contributed by atoms with Crippen LogP contribution in [0.1, 0.15) is 44.5 Å². The molecule has 3 nitrogen and oxygen atoms in total. The molecule has 66 heavy (non-hydrogen) atoms. The highest BCUT2D eigenvalue weighted by Crippen LogP contribution is 2.65. The Balaban J connectivity index is 1.01. The predicted octanol–water partition coefficient (Wildman–Crippen LogP) is 16.4. The van der Waals surface area contributed by atoms with Crippen molar-refractivity contribution >= 4 is 50.8 Å². The highest BCUT2D eigenvalue weighted by molar-refractivity contribution is 7.99. The molecule has 0 N–H and O–H groups in total. The molecular formula is C62H37NO2S. The van der Waals surface area contributed by atoms with Gasteiger partial charge in [0.2, 0.25) is 0 Å². The molecule has 15 rings (SSSR count). The number of fused-ring (bicyclic) bond motifs is 21. The Kier molecular flexibility index (Phi) is 7.29. The number of benzene rings is 10. The zero-order valence-corrected chi connectivity index (χ0v) is 36.4. The molecule has 2 aliphatic heterocycles. The van der Waals surface area contributed by atoms with Crippen LogP contribution in [0.25, 0.3) is 44.2 Å². The lowest BCUT2D eigenvalue weighted by molar-refractivity contribution is 0.436. The molecule has 308 valence electrons. The summed E-state index contributed by atoms with van der Waals surface area (Å²) in [5.74, 6) is 1.78. The molecule has 0 saturated heterocycles. The number of anilines is 3. The summed E-state index contributed by atoms with van der Waals surface area (Å²) in [6.45, 7) is 0. The van der Waals surface area contributed by atoms with Gasteiger partial charge in [0.1, 0.15) is 17.1 Å². The zero-order chi connectivity index (χ0) is 43.1. The Morgan fingerprint density at radius 3 is 1.41 bits per heavy atom. The van der Waals surface area contributed by atoms with Gasteiger partial charge in [-0.2, -0.15) is 0 Å². The lowest BCUT2D eigenvalue weighted by Gasteiger charge is -2.39. The van der Waals surface area contributed by atoms with Crippen molar-refractivity contribution in [3.8, 4) is 33.8 Å². The van der Waals surface area contributed by atoms with Gasteiger partial charge < -0.3 is 14.1 Å². The first-order chi connectivity index (χ1) is 32.7. The first-order valence-corrected chi connectivity index (χ1v) is 23.5. The van der Waals surface area contributed by atoms with E-state index in [2.05, 4.69) is 229 Å². The number of rotatable bonds is 3. The molecule has 2 aliphatic carbocycles. The topological polar surface area (TPSA) is 25.6 Å². The Labute approximate surface area is 386 Å². The van der Waals surface area contributed by atoms with Gasteiger partial charge >= 0.3 is 0 Å². The number of nitrogens with zero attached hydrogens (tertiary/aromatic N) is 1. The van der Waals surface area contributed by atoms with E-state index in [0.29, 0.717) is 0 Å². The quantitative estimate of drug-likeness (QED) is 0.177. The highest BCUT2D eigenvalue weighted by Gasteiger charge is 2.52. The monoisotopic (exact) mass is 859 g/mol. The normalized spacial score (nSPS) is 14.7. The first-order valence-electron chi connectivity index (χ1n) is 22.7. The van der Waals surface area contributed by atoms with E-state index in [4.69, 9.17) is 9.15 Å². The lowest BCUT2D eigenvalue weighted by atomic mass is 9.66. The minimum absolute atomic E-state index is 0.464. The van der Waals surface area contributed by atoms with E-state index in [0.717, 1.165) is 61.6 Å². The van der Waals surface area contributed by atoms with Crippen molar-refractivity contribution in [1.82, 2.24) is 0 Å². The molecule has 0 amide bonds. The van der Waals surface area contributed by atoms with E-state index in [9.17, 15) is 0 Å². The van der Waals surface area contributed by atoms with E-state index in [1.54, 1.807) is 0 Å². The molecule has 2 spiro atoms. The Morgan fingerprint density at radius 1 is 0.348 bits per heavy atom. The summed E-state index contributed by atoms with van der Waals surface area (Å²) in [5, 5.41) is 2.20. The summed E-state index contributed by atoms with van der Waals surface area (Å²) in [6.07, 6.45) is 0. The van der Waals surface area contributed by atoms with Gasteiger partial charge in [0.15, 0.2) is 5.58 Å². The van der Waals surface area contributed by atoms with Gasteiger partial charge in [0, 0.05) is 43.1 Å². The Bertz CT molecular complexity index is 3590. The fourth-order valence-corrected chi connectivity index (χ4v) is 13.5. The van der Waals surface area contributed by atoms with Crippen molar-refractivity contribution in [2.24, 2.45) is 0 Å². The van der Waals surface area contributed by atoms with Gasteiger partial charge in [-0.15, -0.1) is 0 Å². The third-order valence-electron chi connectivity index (χ3n) is 14.8. The fraction of sp³-hybridized carbons (Fsp3) is 0.0323. The minimum atomic E-state index is -0.560. The van der Waals surface area contributed by atoms with E-state index in [1.807, 2.05) is 11.8 Å². The van der Waals surface area contributed by atoms with Crippen molar-refractivity contribution in [3.63, 3.8) is 0 Å². The van der Waals surface area contributed by atoms with Crippen LogP contribution in [0.15, 0.2) is 239 Å². The van der Waals surface area contributed by atoms with E-state index < -0.39 is 10.8 Å². The number of para-hydroxylation sites is 4. The second-order valence-electron chi connectivity index (χ2n) is 17.8. The highest BCUT2D eigenvalue weighted by atomic mass is 32.2. The van der Waals surface area contributed by atoms with Crippen LogP contribution >= 0.6 is 11.8 Å². The first kappa shape index (κ1) is 36.3. The molecule has 4 aliphatic rings. The summed E-state index contributed by atoms with van der Waals surface area (Å²) < 4.78 is 13.5. The van der Waals surface area contributed by atoms with Crippen LogP contribution in [0.2, 0.25) is 0 Å². The maximum absolute atomic E-state index is 6.88. The van der Waals surface area contributed by atoms with Crippen molar-refractivity contribution in [1.29, 1.82) is 0 Å². The Hall–Kier alpha value is -8.05. The van der Waals surface area contributed by atoms with Gasteiger partial charge in [0.25, 0.3) is 0 Å². The molecule has 4 heteroatoms. The zero-order valence-electron chi connectivity index (χ0n) is 35.5. The summed E-state index contributed by atoms with van der Waals surface area (Å²) in [4.78, 5) is 5.02. The average molecular weight is 860 g/mol. The number of hydrogen-bond acceptors (Lipinski definition) is 4. The third kappa shape index (κ3) is 4.54. The maximum Gasteiger partial charge on any atom is 0.159 e. The standard InChI is InChI=1S/C62H37NO2S/c1-4-20-46-40(16-1)44-36-38(32-34-48(44)61(46)50-22-6-11-28-56(50)64-57-29-12-7-23-51(57)61)63(54-26-15-19-43-42-18-3-10-27-55(42)65-60(43)54)39-33-35-49-45(37-39)41-17-2-5-21-47(41)62(49)52-24-8-13-30-58(52)66-59-31-14-9-25-53(59)62/h1-37H. The second-order valence-corrected chi connectivity index (χ2v) is 18.9. The average Bonchev–Trinajstić information content (AvgIpc) is 4.00. The SMILES string of the molecule is c1ccc2c(c1)Oc1ccccc1C21c2ccccc2-c2cc(N(c3ccc4c(c3)-c3ccccc3C43c4ccccc4Sc4ccccc43)c3cccc4c3oc3ccccc34)ccc21. The lowest BCUT2D eigenvalue weighted by Crippen LogP contribution is -2.32. The van der Waals surface area contributed by atoms with Crippen molar-refractivity contribution in [3.05, 3.63) is 269 Å². The van der Waals surface area contributed by atoms with Crippen LogP contribution < -0.4 is 9.64 Å². The van der Waals surface area contributed by atoms with E-state index >= 15 is 0 Å². The molecule has 0 atom stereocenters. The van der Waals surface area contributed by atoms with Gasteiger partial charge in [0.05, 0.1) is 16.5 Å². The Morgan fingerprint density at radius 2 is 0.803 bits per heavy atom. The molecular weight excluding hydrogens is 823 g/mol. The van der Waals surface area contributed by atoms with Crippen molar-refractivity contribution < 1.29 is 9.15 Å². The van der Waals surface area contributed by atoms with E-state index in [-0.39, 0.29) is 0 Å². The second kappa shape index (κ2) is 13.3. The van der Waals surface area contributed by atoms with Gasteiger partial charge in [-0.25, -0.2) is 0 Å². The van der Waals surface area contributed by atoms with E-state index in [1.165, 1.54) is 65.4 Å². The molecule has 0 unspecified atom stereocenters.